The van der Waals surface area contributed by atoms with E-state index in [1.54, 1.807) is 0 Å². The van der Waals surface area contributed by atoms with Crippen LogP contribution in [0.3, 0.4) is 0 Å². The van der Waals surface area contributed by atoms with Gasteiger partial charge in [-0.1, -0.05) is 6.92 Å². The quantitative estimate of drug-likeness (QED) is 0.221. The van der Waals surface area contributed by atoms with E-state index in [4.69, 9.17) is 0 Å². The molecule has 0 aromatic rings. The molecule has 1 nitrogen and oxygen atoms in total. The number of carbonyl (C=O) groups excluding carboxylic acids is 1. The van der Waals surface area contributed by atoms with Gasteiger partial charge < -0.3 is 0 Å². The van der Waals surface area contributed by atoms with Crippen molar-refractivity contribution in [3.8, 4) is 0 Å². The van der Waals surface area contributed by atoms with Gasteiger partial charge in [0.1, 0.15) is 0 Å². The maximum Gasteiger partial charge on any atom is 0.396 e. The molecule has 0 fully saturated rings. The van der Waals surface area contributed by atoms with Crippen LogP contribution >= 0.6 is 0 Å². The van der Waals surface area contributed by atoms with Crippen molar-refractivity contribution in [2.24, 2.45) is 0 Å². The molecule has 1 aliphatic carbocycles. The molecule has 0 bridgehead atoms. The van der Waals surface area contributed by atoms with Gasteiger partial charge >= 0.3 is 5.94 Å². The van der Waals surface area contributed by atoms with E-state index in [0.29, 0.717) is 0 Å². The molecular formula is C11H10O. The normalized spacial score (nSPS) is 13.5. The molecule has 1 rings (SSSR count). The SMILES string of the molecule is C[O+]=C=C=C=C1C=CC(C)=C[CH-]1. The molecule has 60 valence electrons. The predicted molar refractivity (Wildman–Crippen MR) is 49.4 cm³/mol. The fourth-order valence-electron chi connectivity index (χ4n) is 0.786. The second-order valence-electron chi connectivity index (χ2n) is 2.42. The molecule has 0 saturated heterocycles. The van der Waals surface area contributed by atoms with Crippen LogP contribution in [-0.2, 0) is 4.42 Å². The fraction of sp³-hybridized carbons (Fsp3) is 0.182. The van der Waals surface area contributed by atoms with Crippen LogP contribution in [0.15, 0.2) is 40.8 Å². The average Bonchev–Trinajstić information content (AvgIpc) is 2.09. The van der Waals surface area contributed by atoms with Crippen LogP contribution in [0.2, 0.25) is 0 Å². The molecule has 0 saturated carbocycles. The van der Waals surface area contributed by atoms with E-state index in [2.05, 4.69) is 21.8 Å². The maximum absolute atomic E-state index is 4.56. The maximum atomic E-state index is 4.56. The Morgan fingerprint density at radius 2 is 2.25 bits per heavy atom. The van der Waals surface area contributed by atoms with E-state index >= 15 is 0 Å². The van der Waals surface area contributed by atoms with Crippen LogP contribution in [-0.4, -0.2) is 13.1 Å². The highest BCUT2D eigenvalue weighted by Crippen LogP contribution is 2.11. The van der Waals surface area contributed by atoms with E-state index in [1.165, 1.54) is 12.7 Å². The summed E-state index contributed by atoms with van der Waals surface area (Å²) in [7, 11) is 1.53. The van der Waals surface area contributed by atoms with Gasteiger partial charge in [0.05, 0.1) is 0 Å². The van der Waals surface area contributed by atoms with Crippen molar-refractivity contribution in [1.29, 1.82) is 0 Å². The van der Waals surface area contributed by atoms with Gasteiger partial charge in [-0.2, -0.15) is 10.2 Å². The second kappa shape index (κ2) is 4.28. The van der Waals surface area contributed by atoms with Crippen molar-refractivity contribution in [3.05, 3.63) is 47.3 Å². The molecule has 1 heteroatoms. The zero-order valence-corrected chi connectivity index (χ0v) is 7.22. The predicted octanol–water partition coefficient (Wildman–Crippen LogP) is 1.94. The summed E-state index contributed by atoms with van der Waals surface area (Å²) in [6, 6.07) is 0. The standard InChI is InChI=1S/C11H10O/c1-10-5-7-11(8-6-10)4-3-9-12-2/h5-8H,1-2H3. The van der Waals surface area contributed by atoms with Gasteiger partial charge in [0, 0.05) is 5.73 Å². The van der Waals surface area contributed by atoms with Gasteiger partial charge in [0.15, 0.2) is 0 Å². The Kier molecular flexibility index (Phi) is 3.02. The molecule has 0 aliphatic heterocycles. The van der Waals surface area contributed by atoms with Gasteiger partial charge in [-0.05, 0) is 0 Å². The van der Waals surface area contributed by atoms with Gasteiger partial charge in [-0.25, -0.2) is 0 Å². The zero-order valence-electron chi connectivity index (χ0n) is 7.22. The third kappa shape index (κ3) is 2.54. The van der Waals surface area contributed by atoms with Crippen molar-refractivity contribution in [2.75, 3.05) is 7.11 Å². The minimum Gasteiger partial charge on any atom is -0.199 e. The third-order valence-corrected chi connectivity index (χ3v) is 1.41. The first-order valence-corrected chi connectivity index (χ1v) is 3.68. The fourth-order valence-corrected chi connectivity index (χ4v) is 0.786. The Hall–Kier alpha value is -1.64. The van der Waals surface area contributed by atoms with Crippen LogP contribution < -0.4 is 0 Å². The van der Waals surface area contributed by atoms with Gasteiger partial charge in [0.25, 0.3) is 7.11 Å². The number of hydrogen-bond donors (Lipinski definition) is 0. The smallest absolute Gasteiger partial charge is 0.199 e. The first-order chi connectivity index (χ1) is 5.83. The summed E-state index contributed by atoms with van der Waals surface area (Å²) in [4.78, 5) is 0. The topological polar surface area (TPSA) is 11.3 Å². The lowest BCUT2D eigenvalue weighted by atomic mass is 10.0. The van der Waals surface area contributed by atoms with Crippen LogP contribution in [0.5, 0.6) is 0 Å². The van der Waals surface area contributed by atoms with E-state index in [1.807, 2.05) is 31.6 Å². The minimum absolute atomic E-state index is 0.977. The Labute approximate surface area is 72.4 Å². The summed E-state index contributed by atoms with van der Waals surface area (Å²) in [6.07, 6.45) is 7.99. The van der Waals surface area contributed by atoms with Crippen molar-refractivity contribution in [3.63, 3.8) is 0 Å². The van der Waals surface area contributed by atoms with E-state index in [0.717, 1.165) is 5.57 Å². The first-order valence-electron chi connectivity index (χ1n) is 3.68. The second-order valence-corrected chi connectivity index (χ2v) is 2.42. The molecule has 0 heterocycles. The van der Waals surface area contributed by atoms with E-state index in [-0.39, 0.29) is 0 Å². The molecule has 0 spiro atoms. The Morgan fingerprint density at radius 1 is 1.42 bits per heavy atom. The Balaban J connectivity index is 2.91. The first kappa shape index (κ1) is 8.46. The molecule has 0 unspecified atom stereocenters. The number of rotatable bonds is 0. The molecule has 1 aliphatic rings. The molecule has 0 amide bonds. The van der Waals surface area contributed by atoms with Crippen LogP contribution in [0.4, 0.5) is 0 Å². The van der Waals surface area contributed by atoms with Crippen molar-refractivity contribution >= 4 is 5.94 Å². The van der Waals surface area contributed by atoms with Crippen molar-refractivity contribution in [2.45, 2.75) is 6.92 Å². The lowest BCUT2D eigenvalue weighted by Gasteiger charge is -2.09. The summed E-state index contributed by atoms with van der Waals surface area (Å²) in [5, 5.41) is 0. The zero-order chi connectivity index (χ0) is 8.81. The van der Waals surface area contributed by atoms with Crippen molar-refractivity contribution < 1.29 is 4.42 Å². The molecule has 0 aromatic heterocycles. The van der Waals surface area contributed by atoms with Gasteiger partial charge in [0.2, 0.25) is 0 Å². The van der Waals surface area contributed by atoms with Crippen LogP contribution in [0, 0.1) is 6.42 Å². The largest absolute Gasteiger partial charge is 0.396 e. The Bertz CT molecular complexity index is 350. The highest BCUT2D eigenvalue weighted by molar-refractivity contribution is 5.47. The van der Waals surface area contributed by atoms with Crippen LogP contribution in [0.1, 0.15) is 6.92 Å². The number of allylic oxidation sites excluding steroid dienone is 5. The molecule has 0 N–H and O–H groups in total. The highest BCUT2D eigenvalue weighted by atomic mass is 16.3. The minimum atomic E-state index is 0.977. The summed E-state index contributed by atoms with van der Waals surface area (Å²) in [6.45, 7) is 2.05. The summed E-state index contributed by atoms with van der Waals surface area (Å²) >= 11 is 0. The Morgan fingerprint density at radius 3 is 2.83 bits per heavy atom. The van der Waals surface area contributed by atoms with Gasteiger partial charge in [-0.3, -0.25) is 0 Å². The lowest BCUT2D eigenvalue weighted by molar-refractivity contribution is 0.189. The van der Waals surface area contributed by atoms with Gasteiger partial charge in [-0.15, -0.1) is 35.8 Å². The monoisotopic (exact) mass is 158 g/mol. The summed E-state index contributed by atoms with van der Waals surface area (Å²) in [5.74, 6) is 2.45. The summed E-state index contributed by atoms with van der Waals surface area (Å²) in [5.41, 5.74) is 7.75. The average molecular weight is 158 g/mol. The van der Waals surface area contributed by atoms with Crippen LogP contribution in [0.25, 0.3) is 0 Å². The molecule has 0 aromatic carbocycles. The number of hydrogen-bond acceptors (Lipinski definition) is 0. The third-order valence-electron chi connectivity index (χ3n) is 1.41. The highest BCUT2D eigenvalue weighted by Gasteiger charge is 1.84. The van der Waals surface area contributed by atoms with Crippen molar-refractivity contribution in [1.82, 2.24) is 0 Å². The summed E-state index contributed by atoms with van der Waals surface area (Å²) < 4.78 is 4.56. The molecule has 0 atom stereocenters. The van der Waals surface area contributed by atoms with E-state index < -0.39 is 0 Å². The molecule has 12 heavy (non-hydrogen) atoms. The lowest BCUT2D eigenvalue weighted by Crippen LogP contribution is -1.82. The molecule has 0 radical (unpaired) electrons. The molecular weight excluding hydrogens is 148 g/mol. The van der Waals surface area contributed by atoms with E-state index in [9.17, 15) is 0 Å².